The second-order valence-corrected chi connectivity index (χ2v) is 11.6. The summed E-state index contributed by atoms with van der Waals surface area (Å²) in [5.74, 6) is 3.77. The van der Waals surface area contributed by atoms with Gasteiger partial charge in [-0.05, 0) is 85.8 Å². The number of fused-ring (bicyclic) bond motifs is 5. The number of nitrogens with zero attached hydrogens (tertiary/aromatic N) is 1. The summed E-state index contributed by atoms with van der Waals surface area (Å²) < 4.78 is 2.11. The zero-order valence-corrected chi connectivity index (χ0v) is 18.0. The lowest BCUT2D eigenvalue weighted by Gasteiger charge is -2.59. The van der Waals surface area contributed by atoms with Crippen molar-refractivity contribution in [2.24, 2.45) is 41.5 Å². The highest BCUT2D eigenvalue weighted by Crippen LogP contribution is 2.66. The number of imidazole rings is 1. The summed E-state index contributed by atoms with van der Waals surface area (Å²) in [5, 5.41) is 1.26. The van der Waals surface area contributed by atoms with Gasteiger partial charge in [0.05, 0.1) is 12.3 Å². The zero-order valence-electron chi connectivity index (χ0n) is 17.2. The predicted octanol–water partition coefficient (Wildman–Crippen LogP) is 4.91. The number of aryl methyl sites for hydroxylation is 1. The number of aromatic amines is 1. The largest absolute Gasteiger partial charge is 0.316 e. The van der Waals surface area contributed by atoms with E-state index in [1.807, 2.05) is 12.4 Å². The minimum Gasteiger partial charge on any atom is -0.298 e. The smallest absolute Gasteiger partial charge is 0.298 e. The van der Waals surface area contributed by atoms with Crippen LogP contribution in [0.2, 0.25) is 0 Å². The van der Waals surface area contributed by atoms with Crippen molar-refractivity contribution < 1.29 is 9.36 Å². The molecule has 0 amide bonds. The third-order valence-electron chi connectivity index (χ3n) is 9.38. The van der Waals surface area contributed by atoms with Gasteiger partial charge in [0.15, 0.2) is 5.78 Å². The zero-order chi connectivity index (χ0) is 18.8. The fourth-order valence-corrected chi connectivity index (χ4v) is 9.12. The molecule has 5 rings (SSSR count). The van der Waals surface area contributed by atoms with Crippen LogP contribution in [0.1, 0.15) is 71.6 Å². The molecule has 4 aliphatic rings. The Bertz CT molecular complexity index is 744. The monoisotopic (exact) mass is 387 g/mol. The van der Waals surface area contributed by atoms with Gasteiger partial charge in [0.1, 0.15) is 12.4 Å². The normalized spacial score (nSPS) is 46.6. The van der Waals surface area contributed by atoms with E-state index in [9.17, 15) is 4.79 Å². The van der Waals surface area contributed by atoms with Gasteiger partial charge in [-0.1, -0.05) is 26.7 Å². The Morgan fingerprint density at radius 1 is 1.11 bits per heavy atom. The Hall–Kier alpha value is -0.770. The number of carbonyl (C=O) groups excluding carboxylic acids is 1. The van der Waals surface area contributed by atoms with Crippen LogP contribution < -0.4 is 4.57 Å². The van der Waals surface area contributed by atoms with E-state index in [1.54, 1.807) is 11.8 Å². The first-order valence-corrected chi connectivity index (χ1v) is 12.1. The molecule has 0 aromatic carbocycles. The number of ketones is 1. The molecule has 1 N–H and O–H groups in total. The van der Waals surface area contributed by atoms with E-state index in [4.69, 9.17) is 0 Å². The summed E-state index contributed by atoms with van der Waals surface area (Å²) in [6.07, 6.45) is 16.1. The molecule has 27 heavy (non-hydrogen) atoms. The molecule has 0 saturated heterocycles. The van der Waals surface area contributed by atoms with E-state index in [1.165, 1.54) is 44.9 Å². The molecule has 1 heterocycles. The maximum atomic E-state index is 13.5. The molecule has 4 saturated carbocycles. The number of rotatable bonds is 2. The average molecular weight is 388 g/mol. The molecule has 0 bridgehead atoms. The van der Waals surface area contributed by atoms with Gasteiger partial charge in [-0.15, -0.1) is 0 Å². The van der Waals surface area contributed by atoms with Crippen molar-refractivity contribution in [1.82, 2.24) is 4.98 Å². The van der Waals surface area contributed by atoms with Crippen LogP contribution in [-0.4, -0.2) is 16.0 Å². The van der Waals surface area contributed by atoms with Crippen LogP contribution in [0.5, 0.6) is 0 Å². The summed E-state index contributed by atoms with van der Waals surface area (Å²) in [4.78, 5) is 16.8. The van der Waals surface area contributed by atoms with Crippen molar-refractivity contribution in [3.63, 3.8) is 0 Å². The molecule has 1 aromatic rings. The highest BCUT2D eigenvalue weighted by Gasteiger charge is 2.62. The molecule has 4 heteroatoms. The summed E-state index contributed by atoms with van der Waals surface area (Å²) >= 11 is 1.78. The Labute approximate surface area is 168 Å². The molecule has 4 fully saturated rings. The van der Waals surface area contributed by atoms with Gasteiger partial charge in [0.25, 0.3) is 0 Å². The number of hydrogen-bond donors (Lipinski definition) is 1. The number of thioether (sulfide) groups is 1. The first-order chi connectivity index (χ1) is 12.9. The molecular formula is C23H35N2OS+. The second kappa shape index (κ2) is 6.37. The van der Waals surface area contributed by atoms with Crippen molar-refractivity contribution in [3.05, 3.63) is 12.4 Å². The second-order valence-electron chi connectivity index (χ2n) is 10.4. The standard InChI is InChI=1S/C23H34N2OS/c1-22-10-5-4-6-15(22)7-8-16-17(22)9-11-23(2)18(16)14-19(20(23)26)27-21-24-12-13-25(21)3/h12-13,15-19H,4-11,14H2,1-3H3/p+1/t15?,16?,17?,18?,19-,22+,23+/m0/s1. The van der Waals surface area contributed by atoms with Gasteiger partial charge in [-0.3, -0.25) is 4.79 Å². The molecular weight excluding hydrogens is 352 g/mol. The maximum absolute atomic E-state index is 13.5. The molecule has 1 aromatic heterocycles. The topological polar surface area (TPSA) is 36.7 Å². The Morgan fingerprint density at radius 3 is 2.74 bits per heavy atom. The summed E-state index contributed by atoms with van der Waals surface area (Å²) in [7, 11) is 2.06. The van der Waals surface area contributed by atoms with Crippen molar-refractivity contribution in [2.75, 3.05) is 0 Å². The molecule has 3 nitrogen and oxygen atoms in total. The van der Waals surface area contributed by atoms with Crippen LogP contribution in [0, 0.1) is 34.5 Å². The fourth-order valence-electron chi connectivity index (χ4n) is 7.80. The van der Waals surface area contributed by atoms with Crippen LogP contribution in [0.3, 0.4) is 0 Å². The van der Waals surface area contributed by atoms with Crippen molar-refractivity contribution in [1.29, 1.82) is 0 Å². The maximum Gasteiger partial charge on any atom is 0.316 e. The minimum atomic E-state index is -0.0676. The minimum absolute atomic E-state index is 0.0676. The van der Waals surface area contributed by atoms with Crippen LogP contribution in [0.25, 0.3) is 0 Å². The van der Waals surface area contributed by atoms with Crippen molar-refractivity contribution in [2.45, 2.75) is 82.0 Å². The quantitative estimate of drug-likeness (QED) is 0.732. The van der Waals surface area contributed by atoms with Gasteiger partial charge >= 0.3 is 5.16 Å². The highest BCUT2D eigenvalue weighted by atomic mass is 32.2. The number of Topliss-reactive ketones (excluding diaryl/α,β-unsaturated/α-hetero) is 1. The SMILES string of the molecule is C[n+]1cc[nH]c1S[C@H]1CC2C3CCC4CCCC[C@@]4(C)C3CC[C@@]2(C)C1=O. The van der Waals surface area contributed by atoms with Gasteiger partial charge in [-0.2, -0.15) is 0 Å². The predicted molar refractivity (Wildman–Crippen MR) is 108 cm³/mol. The lowest BCUT2D eigenvalue weighted by atomic mass is 9.45. The molecule has 4 unspecified atom stereocenters. The molecule has 0 spiro atoms. The molecule has 148 valence electrons. The molecule has 0 radical (unpaired) electrons. The van der Waals surface area contributed by atoms with E-state index in [0.29, 0.717) is 17.1 Å². The van der Waals surface area contributed by atoms with E-state index >= 15 is 0 Å². The van der Waals surface area contributed by atoms with Crippen LogP contribution in [0.4, 0.5) is 0 Å². The van der Waals surface area contributed by atoms with Crippen LogP contribution >= 0.6 is 11.8 Å². The van der Waals surface area contributed by atoms with E-state index in [-0.39, 0.29) is 10.7 Å². The summed E-state index contributed by atoms with van der Waals surface area (Å²) in [6.45, 7) is 4.94. The van der Waals surface area contributed by atoms with E-state index < -0.39 is 0 Å². The summed E-state index contributed by atoms with van der Waals surface area (Å²) in [5.41, 5.74) is 0.491. The van der Waals surface area contributed by atoms with Gasteiger partial charge < -0.3 is 0 Å². The van der Waals surface area contributed by atoms with Gasteiger partial charge in [0.2, 0.25) is 0 Å². The third kappa shape index (κ3) is 2.61. The number of nitrogens with one attached hydrogen (secondary N) is 1. The van der Waals surface area contributed by atoms with E-state index in [2.05, 4.69) is 30.4 Å². The Morgan fingerprint density at radius 2 is 1.96 bits per heavy atom. The molecule has 4 aliphatic carbocycles. The number of hydrogen-bond acceptors (Lipinski definition) is 2. The van der Waals surface area contributed by atoms with Gasteiger partial charge in [-0.25, -0.2) is 9.55 Å². The lowest BCUT2D eigenvalue weighted by Crippen LogP contribution is -2.52. The van der Waals surface area contributed by atoms with Crippen molar-refractivity contribution >= 4 is 17.5 Å². The molecule has 7 atom stereocenters. The fraction of sp³-hybridized carbons (Fsp3) is 0.826. The highest BCUT2D eigenvalue weighted by molar-refractivity contribution is 8.00. The Balaban J connectivity index is 1.41. The number of carbonyl (C=O) groups is 1. The number of H-pyrrole nitrogens is 1. The molecule has 0 aliphatic heterocycles. The lowest BCUT2D eigenvalue weighted by molar-refractivity contribution is -0.708. The van der Waals surface area contributed by atoms with E-state index in [0.717, 1.165) is 35.8 Å². The summed E-state index contributed by atoms with van der Waals surface area (Å²) in [6, 6.07) is 0. The van der Waals surface area contributed by atoms with Gasteiger partial charge in [0, 0.05) is 5.41 Å². The average Bonchev–Trinajstić information content (AvgIpc) is 3.17. The van der Waals surface area contributed by atoms with Crippen LogP contribution in [-0.2, 0) is 11.8 Å². The van der Waals surface area contributed by atoms with Crippen molar-refractivity contribution in [3.8, 4) is 0 Å². The first-order valence-electron chi connectivity index (χ1n) is 11.2. The number of aromatic nitrogens is 2. The third-order valence-corrected chi connectivity index (χ3v) is 10.7. The first kappa shape index (κ1) is 18.3. The Kier molecular flexibility index (Phi) is 4.31. The van der Waals surface area contributed by atoms with Crippen LogP contribution in [0.15, 0.2) is 17.6 Å².